The average Bonchev–Trinajstić information content (AvgIpc) is 2.82. The topological polar surface area (TPSA) is 60.7 Å². The second-order valence-electron chi connectivity index (χ2n) is 5.80. The predicted octanol–water partition coefficient (Wildman–Crippen LogP) is 2.75. The third-order valence-corrected chi connectivity index (χ3v) is 4.65. The smallest absolute Gasteiger partial charge is 0.416 e. The predicted molar refractivity (Wildman–Crippen MR) is 78.6 cm³/mol. The molecule has 0 unspecified atom stereocenters. The summed E-state index contributed by atoms with van der Waals surface area (Å²) in [6, 6.07) is 1.53. The summed E-state index contributed by atoms with van der Waals surface area (Å²) in [4.78, 5) is 16.6. The molecule has 1 aliphatic rings. The van der Waals surface area contributed by atoms with Crippen molar-refractivity contribution in [2.75, 3.05) is 6.54 Å². The van der Waals surface area contributed by atoms with Gasteiger partial charge in [0, 0.05) is 25.2 Å². The van der Waals surface area contributed by atoms with E-state index in [0.717, 1.165) is 25.0 Å². The van der Waals surface area contributed by atoms with Crippen LogP contribution in [0.5, 0.6) is 0 Å². The first-order valence-electron chi connectivity index (χ1n) is 7.48. The first-order valence-corrected chi connectivity index (χ1v) is 7.86. The highest BCUT2D eigenvalue weighted by Crippen LogP contribution is 2.31. The van der Waals surface area contributed by atoms with Crippen LogP contribution in [0.1, 0.15) is 30.5 Å². The second-order valence-corrected chi connectivity index (χ2v) is 6.16. The Kier molecular flexibility index (Phi) is 4.33. The van der Waals surface area contributed by atoms with Crippen LogP contribution in [0, 0.1) is 0 Å². The maximum atomic E-state index is 12.8. The zero-order valence-electron chi connectivity index (χ0n) is 12.5. The number of carboxylic acid groups (broad SMARTS) is 1. The Bertz CT molecular complexity index is 775. The molecule has 0 N–H and O–H groups in total. The molecule has 130 valence electrons. The van der Waals surface area contributed by atoms with E-state index in [1.54, 1.807) is 0 Å². The van der Waals surface area contributed by atoms with E-state index in [9.17, 15) is 23.1 Å². The number of hydrogen-bond acceptors (Lipinski definition) is 3. The number of likely N-dealkylation sites (tertiary alicyclic amines) is 1. The van der Waals surface area contributed by atoms with Gasteiger partial charge in [-0.3, -0.25) is 4.40 Å². The van der Waals surface area contributed by atoms with Crippen LogP contribution in [0.15, 0.2) is 18.3 Å². The molecule has 0 spiro atoms. The molecular weight excluding hydrogens is 347 g/mol. The number of alkyl halides is 3. The number of imidazole rings is 1. The summed E-state index contributed by atoms with van der Waals surface area (Å²) in [5.41, 5.74) is -0.341. The number of amides is 1. The Morgan fingerprint density at radius 1 is 1.42 bits per heavy atom. The average molecular weight is 361 g/mol. The fraction of sp³-hybridized carbons (Fsp3) is 0.467. The highest BCUT2D eigenvalue weighted by molar-refractivity contribution is 6.30. The van der Waals surface area contributed by atoms with Gasteiger partial charge in [0.25, 0.3) is 0 Å². The molecular formula is C15H14ClF3N3O2-. The van der Waals surface area contributed by atoms with Gasteiger partial charge in [0.1, 0.15) is 16.9 Å². The van der Waals surface area contributed by atoms with Gasteiger partial charge in [-0.05, 0) is 31.4 Å². The molecule has 0 aromatic carbocycles. The number of piperidine rings is 1. The van der Waals surface area contributed by atoms with Crippen molar-refractivity contribution in [1.82, 2.24) is 14.3 Å². The van der Waals surface area contributed by atoms with Gasteiger partial charge in [0.05, 0.1) is 11.3 Å². The number of pyridine rings is 1. The summed E-state index contributed by atoms with van der Waals surface area (Å²) >= 11 is 6.21. The molecule has 1 aliphatic heterocycles. The molecule has 1 atom stereocenters. The number of halogens is 4. The normalized spacial score (nSPS) is 19.0. The fourth-order valence-electron chi connectivity index (χ4n) is 3.05. The molecule has 2 aromatic heterocycles. The zero-order valence-corrected chi connectivity index (χ0v) is 13.3. The number of fused-ring (bicyclic) bond motifs is 1. The third-order valence-electron chi connectivity index (χ3n) is 4.25. The standard InChI is InChI=1S/C15H15ClF3N3O2/c16-13-11(8-10-3-1-2-5-21(10)14(23)24)20-12-7-9(15(17,18)19)4-6-22(12)13/h4,6-7,10H,1-3,5,8H2,(H,23,24)/p-1/t10-/m0/s1. The van der Waals surface area contributed by atoms with Gasteiger partial charge < -0.3 is 14.8 Å². The lowest BCUT2D eigenvalue weighted by Gasteiger charge is -2.37. The van der Waals surface area contributed by atoms with Crippen molar-refractivity contribution in [2.45, 2.75) is 37.9 Å². The number of carbonyl (C=O) groups is 1. The van der Waals surface area contributed by atoms with Crippen LogP contribution in [-0.4, -0.2) is 33.0 Å². The molecule has 1 saturated heterocycles. The monoisotopic (exact) mass is 360 g/mol. The Balaban J connectivity index is 1.92. The van der Waals surface area contributed by atoms with Gasteiger partial charge in [-0.25, -0.2) is 4.98 Å². The largest absolute Gasteiger partial charge is 0.530 e. The van der Waals surface area contributed by atoms with Crippen molar-refractivity contribution in [1.29, 1.82) is 0 Å². The van der Waals surface area contributed by atoms with E-state index in [1.165, 1.54) is 15.5 Å². The number of carbonyl (C=O) groups excluding carboxylic acids is 1. The molecule has 9 heteroatoms. The molecule has 5 nitrogen and oxygen atoms in total. The molecule has 1 amide bonds. The van der Waals surface area contributed by atoms with Gasteiger partial charge >= 0.3 is 6.18 Å². The van der Waals surface area contributed by atoms with E-state index in [-0.39, 0.29) is 23.3 Å². The molecule has 0 saturated carbocycles. The second kappa shape index (κ2) is 6.16. The van der Waals surface area contributed by atoms with Crippen molar-refractivity contribution in [3.05, 3.63) is 34.7 Å². The van der Waals surface area contributed by atoms with Crippen molar-refractivity contribution < 1.29 is 23.1 Å². The maximum absolute atomic E-state index is 12.8. The maximum Gasteiger partial charge on any atom is 0.416 e. The minimum atomic E-state index is -4.46. The van der Waals surface area contributed by atoms with Crippen LogP contribution in [0.25, 0.3) is 5.65 Å². The third kappa shape index (κ3) is 3.15. The molecule has 24 heavy (non-hydrogen) atoms. The minimum absolute atomic E-state index is 0.0839. The number of aromatic nitrogens is 2. The summed E-state index contributed by atoms with van der Waals surface area (Å²) in [6.07, 6.45) is -1.97. The quantitative estimate of drug-likeness (QED) is 0.827. The van der Waals surface area contributed by atoms with E-state index in [0.29, 0.717) is 18.7 Å². The molecule has 0 aliphatic carbocycles. The van der Waals surface area contributed by atoms with Gasteiger partial charge in [0.15, 0.2) is 0 Å². The molecule has 3 rings (SSSR count). The Labute approximate surface area is 140 Å². The summed E-state index contributed by atoms with van der Waals surface area (Å²) in [7, 11) is 0. The van der Waals surface area contributed by atoms with Crippen molar-refractivity contribution >= 4 is 23.3 Å². The van der Waals surface area contributed by atoms with E-state index in [1.807, 2.05) is 0 Å². The van der Waals surface area contributed by atoms with Gasteiger partial charge in [0.2, 0.25) is 0 Å². The van der Waals surface area contributed by atoms with E-state index >= 15 is 0 Å². The van der Waals surface area contributed by atoms with Crippen LogP contribution in [0.2, 0.25) is 5.15 Å². The highest BCUT2D eigenvalue weighted by Gasteiger charge is 2.31. The number of nitrogens with zero attached hydrogens (tertiary/aromatic N) is 3. The lowest BCUT2D eigenvalue weighted by atomic mass is 9.99. The summed E-state index contributed by atoms with van der Waals surface area (Å²) in [5, 5.41) is 11.4. The summed E-state index contributed by atoms with van der Waals surface area (Å²) in [6.45, 7) is 0.385. The van der Waals surface area contributed by atoms with E-state index in [4.69, 9.17) is 11.6 Å². The van der Waals surface area contributed by atoms with Crippen LogP contribution < -0.4 is 5.11 Å². The Hall–Kier alpha value is -1.96. The molecule has 0 radical (unpaired) electrons. The minimum Gasteiger partial charge on any atom is -0.530 e. The lowest BCUT2D eigenvalue weighted by Crippen LogP contribution is -2.50. The fourth-order valence-corrected chi connectivity index (χ4v) is 3.31. The number of rotatable bonds is 2. The van der Waals surface area contributed by atoms with Crippen LogP contribution in [0.3, 0.4) is 0 Å². The lowest BCUT2D eigenvalue weighted by molar-refractivity contribution is -0.269. The van der Waals surface area contributed by atoms with Gasteiger partial charge in [-0.15, -0.1) is 0 Å². The van der Waals surface area contributed by atoms with Crippen molar-refractivity contribution in [3.63, 3.8) is 0 Å². The molecule has 1 fully saturated rings. The first-order chi connectivity index (χ1) is 11.3. The molecule has 3 heterocycles. The van der Waals surface area contributed by atoms with Crippen LogP contribution >= 0.6 is 11.6 Å². The zero-order chi connectivity index (χ0) is 17.5. The van der Waals surface area contributed by atoms with E-state index in [2.05, 4.69) is 4.98 Å². The Morgan fingerprint density at radius 3 is 2.83 bits per heavy atom. The van der Waals surface area contributed by atoms with Gasteiger partial charge in [-0.2, -0.15) is 13.2 Å². The summed E-state index contributed by atoms with van der Waals surface area (Å²) < 4.78 is 39.7. The Morgan fingerprint density at radius 2 is 2.17 bits per heavy atom. The molecule has 2 aromatic rings. The SMILES string of the molecule is O=C([O-])N1CCCC[C@H]1Cc1nc2cc(C(F)(F)F)ccn2c1Cl. The van der Waals surface area contributed by atoms with Crippen LogP contribution in [0.4, 0.5) is 18.0 Å². The summed E-state index contributed by atoms with van der Waals surface area (Å²) in [5.74, 6) is 0. The number of hydrogen-bond donors (Lipinski definition) is 0. The van der Waals surface area contributed by atoms with E-state index < -0.39 is 17.8 Å². The molecule has 0 bridgehead atoms. The highest BCUT2D eigenvalue weighted by atomic mass is 35.5. The van der Waals surface area contributed by atoms with Crippen molar-refractivity contribution in [2.24, 2.45) is 0 Å². The van der Waals surface area contributed by atoms with Gasteiger partial charge in [-0.1, -0.05) is 11.6 Å². The first kappa shape index (κ1) is 16.9. The van der Waals surface area contributed by atoms with Crippen LogP contribution in [-0.2, 0) is 12.6 Å². The van der Waals surface area contributed by atoms with Crippen molar-refractivity contribution in [3.8, 4) is 0 Å².